The second-order valence-corrected chi connectivity index (χ2v) is 6.54. The lowest BCUT2D eigenvalue weighted by atomic mass is 10.2. The van der Waals surface area contributed by atoms with Crippen molar-refractivity contribution in [2.45, 2.75) is 13.1 Å². The van der Waals surface area contributed by atoms with Gasteiger partial charge in [-0.3, -0.25) is 5.10 Å². The number of piperazine rings is 1. The minimum atomic E-state index is 0.682. The number of anilines is 2. The maximum absolute atomic E-state index is 4.41. The van der Waals surface area contributed by atoms with E-state index in [-0.39, 0.29) is 0 Å². The maximum Gasteiger partial charge on any atom is 0.244 e. The van der Waals surface area contributed by atoms with E-state index in [0.717, 1.165) is 38.5 Å². The summed E-state index contributed by atoms with van der Waals surface area (Å²) in [7, 11) is 6.05. The highest BCUT2D eigenvalue weighted by molar-refractivity contribution is 5.48. The Bertz CT molecular complexity index is 627. The summed E-state index contributed by atoms with van der Waals surface area (Å²) < 4.78 is 0. The van der Waals surface area contributed by atoms with Crippen LogP contribution in [0, 0.1) is 0 Å². The molecule has 0 radical (unpaired) electrons. The number of nitrogens with zero attached hydrogens (tertiary/aromatic N) is 5. The van der Waals surface area contributed by atoms with Gasteiger partial charge in [-0.05, 0) is 24.7 Å². The van der Waals surface area contributed by atoms with Gasteiger partial charge in [0.15, 0.2) is 0 Å². The molecule has 0 unspecified atom stereocenters. The van der Waals surface area contributed by atoms with Crippen LogP contribution in [-0.2, 0) is 13.1 Å². The number of nitrogens with one attached hydrogen (secondary N) is 2. The van der Waals surface area contributed by atoms with Crippen LogP contribution in [0.15, 0.2) is 24.3 Å². The molecule has 0 spiro atoms. The molecule has 1 aliphatic heterocycles. The Morgan fingerprint density at radius 2 is 1.79 bits per heavy atom. The summed E-state index contributed by atoms with van der Waals surface area (Å²) in [6.07, 6.45) is 0. The first-order valence-corrected chi connectivity index (χ1v) is 8.43. The minimum Gasteiger partial charge on any atom is -0.369 e. The summed E-state index contributed by atoms with van der Waals surface area (Å²) in [5, 5.41) is 10.5. The Morgan fingerprint density at radius 3 is 2.42 bits per heavy atom. The highest BCUT2D eigenvalue weighted by Gasteiger charge is 2.13. The standard InChI is InChI=1S/C17H27N7/c1-22(2)17-19-16(20-21-17)13-18-12-14-4-6-15(7-5-14)24-10-8-23(3)9-11-24/h4-7,18H,8-13H2,1-3H3,(H,19,20,21). The highest BCUT2D eigenvalue weighted by atomic mass is 15.3. The zero-order chi connectivity index (χ0) is 16.9. The van der Waals surface area contributed by atoms with Gasteiger partial charge in [0.25, 0.3) is 0 Å². The third-order valence-electron chi connectivity index (χ3n) is 4.35. The summed E-state index contributed by atoms with van der Waals surface area (Å²) in [5.74, 6) is 1.57. The molecule has 1 saturated heterocycles. The smallest absolute Gasteiger partial charge is 0.244 e. The van der Waals surface area contributed by atoms with Crippen molar-refractivity contribution in [2.24, 2.45) is 0 Å². The summed E-state index contributed by atoms with van der Waals surface area (Å²) in [4.78, 5) is 11.1. The average molecular weight is 329 g/mol. The molecule has 1 fully saturated rings. The molecule has 1 aliphatic rings. The van der Waals surface area contributed by atoms with Crippen LogP contribution in [0.4, 0.5) is 11.6 Å². The molecule has 2 N–H and O–H groups in total. The van der Waals surface area contributed by atoms with Gasteiger partial charge in [-0.25, -0.2) is 0 Å². The van der Waals surface area contributed by atoms with E-state index in [2.05, 4.69) is 61.6 Å². The molecule has 1 aromatic carbocycles. The SMILES string of the molecule is CN1CCN(c2ccc(CNCc3nc(N(C)C)n[nH]3)cc2)CC1. The Hall–Kier alpha value is -2.12. The molecule has 0 aliphatic carbocycles. The van der Waals surface area contributed by atoms with Crippen molar-refractivity contribution in [2.75, 3.05) is 57.1 Å². The zero-order valence-corrected chi connectivity index (χ0v) is 14.8. The van der Waals surface area contributed by atoms with Gasteiger partial charge >= 0.3 is 0 Å². The van der Waals surface area contributed by atoms with Crippen molar-refractivity contribution >= 4 is 11.6 Å². The predicted molar refractivity (Wildman–Crippen MR) is 97.4 cm³/mol. The number of likely N-dealkylation sites (N-methyl/N-ethyl adjacent to an activating group) is 1. The molecule has 0 amide bonds. The molecule has 0 saturated carbocycles. The molecule has 7 heteroatoms. The fourth-order valence-electron chi connectivity index (χ4n) is 2.78. The zero-order valence-electron chi connectivity index (χ0n) is 14.8. The van der Waals surface area contributed by atoms with Crippen LogP contribution in [-0.4, -0.2) is 67.4 Å². The summed E-state index contributed by atoms with van der Waals surface area (Å²) in [5.41, 5.74) is 2.60. The van der Waals surface area contributed by atoms with Crippen LogP contribution >= 0.6 is 0 Å². The minimum absolute atomic E-state index is 0.682. The fourth-order valence-corrected chi connectivity index (χ4v) is 2.78. The first-order valence-electron chi connectivity index (χ1n) is 8.43. The van der Waals surface area contributed by atoms with Gasteiger partial charge in [0.2, 0.25) is 5.95 Å². The third kappa shape index (κ3) is 4.24. The first kappa shape index (κ1) is 16.7. The Morgan fingerprint density at radius 1 is 1.08 bits per heavy atom. The highest BCUT2D eigenvalue weighted by Crippen LogP contribution is 2.17. The van der Waals surface area contributed by atoms with Crippen molar-refractivity contribution in [3.05, 3.63) is 35.7 Å². The molecule has 0 bridgehead atoms. The van der Waals surface area contributed by atoms with Gasteiger partial charge in [0.1, 0.15) is 5.82 Å². The summed E-state index contributed by atoms with van der Waals surface area (Å²) in [6, 6.07) is 8.85. The average Bonchev–Trinajstić information content (AvgIpc) is 3.06. The number of rotatable bonds is 6. The lowest BCUT2D eigenvalue weighted by Crippen LogP contribution is -2.44. The quantitative estimate of drug-likeness (QED) is 0.821. The van der Waals surface area contributed by atoms with E-state index < -0.39 is 0 Å². The Labute approximate surface area is 143 Å². The Kier molecular flexibility index (Phi) is 5.32. The molecule has 1 aromatic heterocycles. The van der Waals surface area contributed by atoms with Crippen molar-refractivity contribution in [3.8, 4) is 0 Å². The van der Waals surface area contributed by atoms with Crippen molar-refractivity contribution in [1.29, 1.82) is 0 Å². The number of hydrogen-bond acceptors (Lipinski definition) is 6. The van der Waals surface area contributed by atoms with Crippen molar-refractivity contribution in [1.82, 2.24) is 25.4 Å². The van der Waals surface area contributed by atoms with Gasteiger partial charge < -0.3 is 20.0 Å². The molecular formula is C17H27N7. The monoisotopic (exact) mass is 329 g/mol. The number of aromatic nitrogens is 3. The first-order chi connectivity index (χ1) is 11.6. The summed E-state index contributed by atoms with van der Waals surface area (Å²) >= 11 is 0. The number of H-pyrrole nitrogens is 1. The van der Waals surface area contributed by atoms with Crippen LogP contribution in [0.3, 0.4) is 0 Å². The molecule has 7 nitrogen and oxygen atoms in total. The van der Waals surface area contributed by atoms with Crippen molar-refractivity contribution < 1.29 is 0 Å². The number of aromatic amines is 1. The lowest BCUT2D eigenvalue weighted by molar-refractivity contribution is 0.313. The van der Waals surface area contributed by atoms with Crippen molar-refractivity contribution in [3.63, 3.8) is 0 Å². The molecular weight excluding hydrogens is 302 g/mol. The number of benzene rings is 1. The van der Waals surface area contributed by atoms with E-state index in [1.165, 1.54) is 11.3 Å². The van der Waals surface area contributed by atoms with Crippen LogP contribution in [0.2, 0.25) is 0 Å². The van der Waals surface area contributed by atoms with Crippen LogP contribution < -0.4 is 15.1 Å². The molecule has 24 heavy (non-hydrogen) atoms. The van der Waals surface area contributed by atoms with Gasteiger partial charge in [0, 0.05) is 52.5 Å². The normalized spacial score (nSPS) is 15.7. The van der Waals surface area contributed by atoms with Gasteiger partial charge in [0.05, 0.1) is 6.54 Å². The van der Waals surface area contributed by atoms with Gasteiger partial charge in [-0.15, -0.1) is 5.10 Å². The second kappa shape index (κ2) is 7.63. The molecule has 130 valence electrons. The lowest BCUT2D eigenvalue weighted by Gasteiger charge is -2.34. The van der Waals surface area contributed by atoms with E-state index in [9.17, 15) is 0 Å². The topological polar surface area (TPSA) is 63.3 Å². The summed E-state index contributed by atoms with van der Waals surface area (Å²) in [6.45, 7) is 5.98. The van der Waals surface area contributed by atoms with Gasteiger partial charge in [-0.2, -0.15) is 4.98 Å². The Balaban J connectivity index is 1.47. The van der Waals surface area contributed by atoms with E-state index in [1.54, 1.807) is 0 Å². The van der Waals surface area contributed by atoms with E-state index in [4.69, 9.17) is 0 Å². The number of hydrogen-bond donors (Lipinski definition) is 2. The van der Waals surface area contributed by atoms with E-state index >= 15 is 0 Å². The predicted octanol–water partition coefficient (Wildman–Crippen LogP) is 0.912. The van der Waals surface area contributed by atoms with Crippen LogP contribution in [0.1, 0.15) is 11.4 Å². The fraction of sp³-hybridized carbons (Fsp3) is 0.529. The maximum atomic E-state index is 4.41. The third-order valence-corrected chi connectivity index (χ3v) is 4.35. The van der Waals surface area contributed by atoms with E-state index in [0.29, 0.717) is 12.5 Å². The second-order valence-electron chi connectivity index (χ2n) is 6.54. The van der Waals surface area contributed by atoms with Crippen LogP contribution in [0.5, 0.6) is 0 Å². The van der Waals surface area contributed by atoms with Gasteiger partial charge in [-0.1, -0.05) is 12.1 Å². The molecule has 3 rings (SSSR count). The molecule has 2 heterocycles. The van der Waals surface area contributed by atoms with Crippen LogP contribution in [0.25, 0.3) is 0 Å². The van der Waals surface area contributed by atoms with E-state index in [1.807, 2.05) is 19.0 Å². The largest absolute Gasteiger partial charge is 0.369 e. The molecule has 0 atom stereocenters. The molecule has 2 aromatic rings.